The van der Waals surface area contributed by atoms with Crippen LogP contribution in [0.25, 0.3) is 0 Å². The Balaban J connectivity index is 1.99. The van der Waals surface area contributed by atoms with Crippen LogP contribution in [0.3, 0.4) is 0 Å². The Labute approximate surface area is 128 Å². The van der Waals surface area contributed by atoms with Crippen LogP contribution >= 0.6 is 0 Å². The summed E-state index contributed by atoms with van der Waals surface area (Å²) >= 11 is 0. The molecule has 0 aliphatic rings. The fourth-order valence-electron chi connectivity index (χ4n) is 2.67. The maximum Gasteiger partial charge on any atom is 0.124 e. The highest BCUT2D eigenvalue weighted by atomic mass is 16.5. The highest BCUT2D eigenvalue weighted by Crippen LogP contribution is 2.25. The van der Waals surface area contributed by atoms with E-state index in [9.17, 15) is 0 Å². The van der Waals surface area contributed by atoms with Crippen molar-refractivity contribution in [2.24, 2.45) is 0 Å². The summed E-state index contributed by atoms with van der Waals surface area (Å²) in [6.45, 7) is 7.14. The number of benzene rings is 2. The molecule has 0 amide bonds. The van der Waals surface area contributed by atoms with Gasteiger partial charge in [0.2, 0.25) is 0 Å². The smallest absolute Gasteiger partial charge is 0.124 e. The molecule has 0 aliphatic heterocycles. The first-order valence-corrected chi connectivity index (χ1v) is 7.72. The number of para-hydroxylation sites is 1. The van der Waals surface area contributed by atoms with E-state index in [0.717, 1.165) is 12.2 Å². The highest BCUT2D eigenvalue weighted by molar-refractivity contribution is 5.35. The molecule has 2 nitrogen and oxygen atoms in total. The predicted molar refractivity (Wildman–Crippen MR) is 88.8 cm³/mol. The van der Waals surface area contributed by atoms with E-state index < -0.39 is 0 Å². The average Bonchev–Trinajstić information content (AvgIpc) is 2.49. The number of hydrogen-bond acceptors (Lipinski definition) is 2. The lowest BCUT2D eigenvalue weighted by molar-refractivity contribution is 0.330. The summed E-state index contributed by atoms with van der Waals surface area (Å²) in [4.78, 5) is 0. The van der Waals surface area contributed by atoms with Gasteiger partial charge in [-0.3, -0.25) is 0 Å². The molecule has 2 rings (SSSR count). The average molecular weight is 283 g/mol. The zero-order chi connectivity index (χ0) is 15.1. The maximum absolute atomic E-state index is 5.72. The van der Waals surface area contributed by atoms with Crippen LogP contribution in [-0.2, 0) is 6.42 Å². The zero-order valence-corrected chi connectivity index (χ0v) is 13.2. The molecule has 0 saturated heterocycles. The van der Waals surface area contributed by atoms with Crippen LogP contribution in [0.4, 0.5) is 0 Å². The van der Waals surface area contributed by atoms with Crippen molar-refractivity contribution in [2.75, 3.05) is 6.61 Å². The minimum atomic E-state index is 0.270. The van der Waals surface area contributed by atoms with Gasteiger partial charge in [0, 0.05) is 17.6 Å². The van der Waals surface area contributed by atoms with E-state index in [4.69, 9.17) is 4.74 Å². The first-order valence-electron chi connectivity index (χ1n) is 7.72. The van der Waals surface area contributed by atoms with E-state index in [1.807, 2.05) is 19.1 Å². The molecule has 2 aromatic rings. The van der Waals surface area contributed by atoms with Gasteiger partial charge in [-0.25, -0.2) is 0 Å². The van der Waals surface area contributed by atoms with Crippen molar-refractivity contribution in [3.63, 3.8) is 0 Å². The summed E-state index contributed by atoms with van der Waals surface area (Å²) in [5, 5.41) is 3.66. The Kier molecular flexibility index (Phi) is 5.82. The molecule has 0 heterocycles. The second-order valence-electron chi connectivity index (χ2n) is 5.45. The SMILES string of the molecule is CCOc1ccccc1C(C)NC(C)Cc1ccccc1. The maximum atomic E-state index is 5.72. The van der Waals surface area contributed by atoms with Gasteiger partial charge >= 0.3 is 0 Å². The summed E-state index contributed by atoms with van der Waals surface area (Å²) in [5.74, 6) is 0.979. The molecule has 2 aromatic carbocycles. The van der Waals surface area contributed by atoms with Crippen LogP contribution in [0, 0.1) is 0 Å². The third-order valence-corrected chi connectivity index (χ3v) is 3.60. The lowest BCUT2D eigenvalue weighted by Gasteiger charge is -2.22. The quantitative estimate of drug-likeness (QED) is 0.815. The molecule has 2 atom stereocenters. The molecular weight excluding hydrogens is 258 g/mol. The van der Waals surface area contributed by atoms with Crippen LogP contribution in [-0.4, -0.2) is 12.6 Å². The fourth-order valence-corrected chi connectivity index (χ4v) is 2.67. The normalized spacial score (nSPS) is 13.7. The van der Waals surface area contributed by atoms with Crippen LogP contribution in [0.15, 0.2) is 54.6 Å². The molecule has 2 unspecified atom stereocenters. The molecule has 112 valence electrons. The van der Waals surface area contributed by atoms with Crippen LogP contribution in [0.1, 0.15) is 37.9 Å². The van der Waals surface area contributed by atoms with Gasteiger partial charge in [-0.1, -0.05) is 48.5 Å². The molecule has 21 heavy (non-hydrogen) atoms. The Morgan fingerprint density at radius 3 is 2.33 bits per heavy atom. The van der Waals surface area contributed by atoms with Gasteiger partial charge in [-0.05, 0) is 38.8 Å². The van der Waals surface area contributed by atoms with Crippen molar-refractivity contribution in [1.29, 1.82) is 0 Å². The van der Waals surface area contributed by atoms with Crippen molar-refractivity contribution in [1.82, 2.24) is 5.32 Å². The number of hydrogen-bond donors (Lipinski definition) is 1. The second kappa shape index (κ2) is 7.84. The Hall–Kier alpha value is -1.80. The molecule has 0 saturated carbocycles. The first-order chi connectivity index (χ1) is 10.2. The van der Waals surface area contributed by atoms with Crippen LogP contribution in [0.5, 0.6) is 5.75 Å². The summed E-state index contributed by atoms with van der Waals surface area (Å²) in [7, 11) is 0. The lowest BCUT2D eigenvalue weighted by atomic mass is 10.0. The van der Waals surface area contributed by atoms with Crippen molar-refractivity contribution >= 4 is 0 Å². The minimum absolute atomic E-state index is 0.270. The Morgan fingerprint density at radius 2 is 1.62 bits per heavy atom. The Bertz CT molecular complexity index is 538. The summed E-state index contributed by atoms with van der Waals surface area (Å²) in [6.07, 6.45) is 1.03. The van der Waals surface area contributed by atoms with Gasteiger partial charge in [0.05, 0.1) is 6.61 Å². The van der Waals surface area contributed by atoms with Crippen molar-refractivity contribution in [3.8, 4) is 5.75 Å². The van der Waals surface area contributed by atoms with E-state index in [1.54, 1.807) is 0 Å². The summed E-state index contributed by atoms with van der Waals surface area (Å²) < 4.78 is 5.72. The van der Waals surface area contributed by atoms with Gasteiger partial charge in [0.15, 0.2) is 0 Å². The van der Waals surface area contributed by atoms with E-state index in [1.165, 1.54) is 11.1 Å². The summed E-state index contributed by atoms with van der Waals surface area (Å²) in [6, 6.07) is 19.6. The molecule has 0 fully saturated rings. The molecule has 0 radical (unpaired) electrons. The summed E-state index contributed by atoms with van der Waals surface area (Å²) in [5.41, 5.74) is 2.59. The fraction of sp³-hybridized carbons (Fsp3) is 0.368. The van der Waals surface area contributed by atoms with Gasteiger partial charge < -0.3 is 10.1 Å². The number of rotatable bonds is 7. The topological polar surface area (TPSA) is 21.3 Å². The Morgan fingerprint density at radius 1 is 0.952 bits per heavy atom. The van der Waals surface area contributed by atoms with Gasteiger partial charge in [-0.15, -0.1) is 0 Å². The van der Waals surface area contributed by atoms with Crippen LogP contribution < -0.4 is 10.1 Å². The number of nitrogens with one attached hydrogen (secondary N) is 1. The van der Waals surface area contributed by atoms with Gasteiger partial charge in [0.25, 0.3) is 0 Å². The zero-order valence-electron chi connectivity index (χ0n) is 13.2. The van der Waals surface area contributed by atoms with E-state index in [2.05, 4.69) is 61.6 Å². The van der Waals surface area contributed by atoms with E-state index in [-0.39, 0.29) is 6.04 Å². The number of ether oxygens (including phenoxy) is 1. The van der Waals surface area contributed by atoms with Crippen molar-refractivity contribution in [3.05, 3.63) is 65.7 Å². The molecule has 0 aromatic heterocycles. The highest BCUT2D eigenvalue weighted by Gasteiger charge is 2.13. The van der Waals surface area contributed by atoms with Gasteiger partial charge in [0.1, 0.15) is 5.75 Å². The molecule has 1 N–H and O–H groups in total. The third kappa shape index (κ3) is 4.61. The minimum Gasteiger partial charge on any atom is -0.494 e. The van der Waals surface area contributed by atoms with E-state index in [0.29, 0.717) is 12.6 Å². The monoisotopic (exact) mass is 283 g/mol. The lowest BCUT2D eigenvalue weighted by Crippen LogP contribution is -2.31. The standard InChI is InChI=1S/C19H25NO/c1-4-21-19-13-9-8-12-18(19)16(3)20-15(2)14-17-10-6-5-7-11-17/h5-13,15-16,20H,4,14H2,1-3H3. The third-order valence-electron chi connectivity index (χ3n) is 3.60. The second-order valence-corrected chi connectivity index (χ2v) is 5.45. The molecular formula is C19H25NO. The molecule has 0 spiro atoms. The largest absolute Gasteiger partial charge is 0.494 e. The van der Waals surface area contributed by atoms with E-state index >= 15 is 0 Å². The van der Waals surface area contributed by atoms with Crippen LogP contribution in [0.2, 0.25) is 0 Å². The van der Waals surface area contributed by atoms with Crippen molar-refractivity contribution < 1.29 is 4.74 Å². The van der Waals surface area contributed by atoms with Gasteiger partial charge in [-0.2, -0.15) is 0 Å². The predicted octanol–water partition coefficient (Wildman–Crippen LogP) is 4.37. The van der Waals surface area contributed by atoms with Crippen molar-refractivity contribution in [2.45, 2.75) is 39.3 Å². The first kappa shape index (κ1) is 15.6. The molecule has 2 heteroatoms. The molecule has 0 bridgehead atoms. The molecule has 0 aliphatic carbocycles.